The molecular formula is C19H23N3O2. The van der Waals surface area contributed by atoms with E-state index >= 15 is 0 Å². The highest BCUT2D eigenvalue weighted by molar-refractivity contribution is 5.79. The molecule has 24 heavy (non-hydrogen) atoms. The number of benzene rings is 1. The number of carbonyl (C=O) groups excluding carboxylic acids is 1. The molecule has 0 N–H and O–H groups in total. The smallest absolute Gasteiger partial charge is 0.227 e. The quantitative estimate of drug-likeness (QED) is 0.734. The Morgan fingerprint density at radius 3 is 2.88 bits per heavy atom. The summed E-state index contributed by atoms with van der Waals surface area (Å²) in [7, 11) is 0. The van der Waals surface area contributed by atoms with Crippen LogP contribution in [0.25, 0.3) is 0 Å². The van der Waals surface area contributed by atoms with Crippen LogP contribution >= 0.6 is 0 Å². The van der Waals surface area contributed by atoms with Crippen LogP contribution in [0.4, 0.5) is 0 Å². The van der Waals surface area contributed by atoms with Crippen LogP contribution in [-0.2, 0) is 22.4 Å². The second-order valence-electron chi connectivity index (χ2n) is 5.96. The van der Waals surface area contributed by atoms with Crippen molar-refractivity contribution in [2.45, 2.75) is 32.2 Å². The molecule has 1 amide bonds. The summed E-state index contributed by atoms with van der Waals surface area (Å²) in [4.78, 5) is 22.9. The van der Waals surface area contributed by atoms with Crippen molar-refractivity contribution < 1.29 is 9.53 Å². The van der Waals surface area contributed by atoms with Gasteiger partial charge in [0, 0.05) is 25.5 Å². The summed E-state index contributed by atoms with van der Waals surface area (Å²) in [5, 5.41) is 0. The van der Waals surface area contributed by atoms with Gasteiger partial charge in [-0.15, -0.1) is 0 Å². The zero-order valence-corrected chi connectivity index (χ0v) is 14.0. The van der Waals surface area contributed by atoms with Crippen LogP contribution in [0.1, 0.15) is 36.1 Å². The molecule has 2 aromatic rings. The Kier molecular flexibility index (Phi) is 5.54. The number of ether oxygens (including phenoxy) is 1. The highest BCUT2D eigenvalue weighted by Gasteiger charge is 2.30. The minimum Gasteiger partial charge on any atom is -0.380 e. The fourth-order valence-electron chi connectivity index (χ4n) is 3.32. The van der Waals surface area contributed by atoms with Crippen molar-refractivity contribution in [1.29, 1.82) is 0 Å². The molecule has 1 aliphatic rings. The van der Waals surface area contributed by atoms with Gasteiger partial charge in [0.25, 0.3) is 0 Å². The minimum absolute atomic E-state index is 0.103. The molecule has 1 aliphatic carbocycles. The first kappa shape index (κ1) is 16.6. The number of hydrogen-bond acceptors (Lipinski definition) is 4. The molecule has 1 aromatic carbocycles. The molecule has 0 fully saturated rings. The van der Waals surface area contributed by atoms with Crippen molar-refractivity contribution in [2.75, 3.05) is 19.8 Å². The first-order valence-electron chi connectivity index (χ1n) is 8.48. The lowest BCUT2D eigenvalue weighted by atomic mass is 10.1. The van der Waals surface area contributed by atoms with Crippen LogP contribution in [0, 0.1) is 0 Å². The topological polar surface area (TPSA) is 55.3 Å². The van der Waals surface area contributed by atoms with Gasteiger partial charge in [-0.05, 0) is 36.5 Å². The van der Waals surface area contributed by atoms with E-state index in [2.05, 4.69) is 28.2 Å². The summed E-state index contributed by atoms with van der Waals surface area (Å²) < 4.78 is 5.49. The maximum absolute atomic E-state index is 12.9. The molecule has 0 radical (unpaired) electrons. The molecule has 0 aliphatic heterocycles. The number of aryl methyl sites for hydroxylation is 1. The Morgan fingerprint density at radius 2 is 2.08 bits per heavy atom. The Hall–Kier alpha value is -2.27. The summed E-state index contributed by atoms with van der Waals surface area (Å²) >= 11 is 0. The highest BCUT2D eigenvalue weighted by atomic mass is 16.5. The molecular weight excluding hydrogens is 302 g/mol. The Bertz CT molecular complexity index is 675. The van der Waals surface area contributed by atoms with E-state index in [0.717, 1.165) is 18.4 Å². The lowest BCUT2D eigenvalue weighted by Gasteiger charge is -2.30. The molecule has 0 bridgehead atoms. The van der Waals surface area contributed by atoms with E-state index < -0.39 is 0 Å². The van der Waals surface area contributed by atoms with Crippen molar-refractivity contribution in [1.82, 2.24) is 14.9 Å². The first-order chi connectivity index (χ1) is 11.8. The molecule has 5 nitrogen and oxygen atoms in total. The summed E-state index contributed by atoms with van der Waals surface area (Å²) in [6.45, 7) is 3.81. The van der Waals surface area contributed by atoms with E-state index in [1.165, 1.54) is 17.5 Å². The zero-order valence-electron chi connectivity index (χ0n) is 14.0. The summed E-state index contributed by atoms with van der Waals surface area (Å²) in [5.41, 5.74) is 3.46. The molecule has 126 valence electrons. The largest absolute Gasteiger partial charge is 0.380 e. The number of carbonyl (C=O) groups is 1. The van der Waals surface area contributed by atoms with Gasteiger partial charge in [0.1, 0.15) is 6.33 Å². The van der Waals surface area contributed by atoms with E-state index in [4.69, 9.17) is 4.74 Å². The molecule has 3 rings (SSSR count). The monoisotopic (exact) mass is 325 g/mol. The van der Waals surface area contributed by atoms with Gasteiger partial charge in [-0.2, -0.15) is 0 Å². The van der Waals surface area contributed by atoms with Gasteiger partial charge < -0.3 is 9.64 Å². The van der Waals surface area contributed by atoms with E-state index in [1.807, 2.05) is 17.9 Å². The van der Waals surface area contributed by atoms with Crippen molar-refractivity contribution >= 4 is 5.91 Å². The average molecular weight is 325 g/mol. The van der Waals surface area contributed by atoms with Crippen LogP contribution in [0.3, 0.4) is 0 Å². The fourth-order valence-corrected chi connectivity index (χ4v) is 3.32. The number of amides is 1. The predicted octanol–water partition coefficient (Wildman–Crippen LogP) is 2.57. The van der Waals surface area contributed by atoms with Gasteiger partial charge in [-0.1, -0.05) is 24.3 Å². The minimum atomic E-state index is 0.103. The van der Waals surface area contributed by atoms with Gasteiger partial charge in [0.2, 0.25) is 5.91 Å². The molecule has 1 atom stereocenters. The van der Waals surface area contributed by atoms with Gasteiger partial charge in [-0.25, -0.2) is 9.97 Å². The molecule has 0 saturated carbocycles. The third-order valence-electron chi connectivity index (χ3n) is 4.45. The summed E-state index contributed by atoms with van der Waals surface area (Å²) in [5.74, 6) is 0.103. The number of rotatable bonds is 7. The van der Waals surface area contributed by atoms with Crippen molar-refractivity contribution in [3.8, 4) is 0 Å². The second-order valence-corrected chi connectivity index (χ2v) is 5.96. The van der Waals surface area contributed by atoms with Crippen molar-refractivity contribution in [2.24, 2.45) is 0 Å². The number of hydrogen-bond donors (Lipinski definition) is 0. The molecule has 5 heteroatoms. The predicted molar refractivity (Wildman–Crippen MR) is 91.4 cm³/mol. The molecule has 0 saturated heterocycles. The van der Waals surface area contributed by atoms with Crippen LogP contribution in [-0.4, -0.2) is 40.5 Å². The van der Waals surface area contributed by atoms with Gasteiger partial charge in [0.15, 0.2) is 0 Å². The maximum atomic E-state index is 12.9. The SMILES string of the molecule is CCOCCN(C(=O)Cc1cncnc1)C1CCc2ccccc21. The van der Waals surface area contributed by atoms with E-state index in [0.29, 0.717) is 26.2 Å². The number of aromatic nitrogens is 2. The van der Waals surface area contributed by atoms with Crippen LogP contribution in [0.2, 0.25) is 0 Å². The molecule has 1 heterocycles. The van der Waals surface area contributed by atoms with Crippen LogP contribution < -0.4 is 0 Å². The van der Waals surface area contributed by atoms with E-state index in [1.54, 1.807) is 12.4 Å². The van der Waals surface area contributed by atoms with Gasteiger partial charge in [-0.3, -0.25) is 4.79 Å². The van der Waals surface area contributed by atoms with Crippen molar-refractivity contribution in [3.63, 3.8) is 0 Å². The van der Waals surface area contributed by atoms with Crippen LogP contribution in [0.15, 0.2) is 43.0 Å². The number of nitrogens with zero attached hydrogens (tertiary/aromatic N) is 3. The summed E-state index contributed by atoms with van der Waals surface area (Å²) in [6, 6.07) is 8.55. The third-order valence-corrected chi connectivity index (χ3v) is 4.45. The Balaban J connectivity index is 1.77. The Morgan fingerprint density at radius 1 is 1.29 bits per heavy atom. The average Bonchev–Trinajstić information content (AvgIpc) is 3.03. The maximum Gasteiger partial charge on any atom is 0.227 e. The standard InChI is InChI=1S/C19H23N3O2/c1-2-24-10-9-22(19(23)11-15-12-20-14-21-13-15)18-8-7-16-5-3-4-6-17(16)18/h3-6,12-14,18H,2,7-11H2,1H3. The fraction of sp³-hybridized carbons (Fsp3) is 0.421. The molecule has 1 unspecified atom stereocenters. The normalized spacial score (nSPS) is 16.0. The van der Waals surface area contributed by atoms with Gasteiger partial charge >= 0.3 is 0 Å². The van der Waals surface area contributed by atoms with Gasteiger partial charge in [0.05, 0.1) is 19.1 Å². The van der Waals surface area contributed by atoms with Crippen molar-refractivity contribution in [3.05, 3.63) is 59.7 Å². The first-order valence-corrected chi connectivity index (χ1v) is 8.48. The lowest BCUT2D eigenvalue weighted by molar-refractivity contribution is -0.133. The second kappa shape index (κ2) is 8.02. The highest BCUT2D eigenvalue weighted by Crippen LogP contribution is 2.35. The molecule has 0 spiro atoms. The molecule has 1 aromatic heterocycles. The Labute approximate surface area is 142 Å². The van der Waals surface area contributed by atoms with E-state index in [-0.39, 0.29) is 11.9 Å². The zero-order chi connectivity index (χ0) is 16.8. The number of fused-ring (bicyclic) bond motifs is 1. The van der Waals surface area contributed by atoms with Crippen LogP contribution in [0.5, 0.6) is 0 Å². The third kappa shape index (κ3) is 3.79. The van der Waals surface area contributed by atoms with E-state index in [9.17, 15) is 4.79 Å². The summed E-state index contributed by atoms with van der Waals surface area (Å²) in [6.07, 6.45) is 7.21. The lowest BCUT2D eigenvalue weighted by Crippen LogP contribution is -2.37.